The molecule has 7 heterocycles. The van der Waals surface area contributed by atoms with Crippen LogP contribution in [0.15, 0.2) is 200 Å². The third-order valence-corrected chi connectivity index (χ3v) is 27.7. The highest BCUT2D eigenvalue weighted by atomic mass is 19.1. The predicted octanol–water partition coefficient (Wildman–Crippen LogP) is 22.8. The summed E-state index contributed by atoms with van der Waals surface area (Å²) < 4.78 is 59.2. The number of Topliss-reactive ketones (excluding diaryl/α,β-unsaturated/α-hetero) is 4. The van der Waals surface area contributed by atoms with Gasteiger partial charge in [0.15, 0.2) is 23.1 Å². The molecule has 6 saturated heterocycles. The molecule has 8 fully saturated rings. The first kappa shape index (κ1) is 119. The van der Waals surface area contributed by atoms with Crippen LogP contribution in [0.5, 0.6) is 0 Å². The van der Waals surface area contributed by atoms with Gasteiger partial charge in [0.05, 0.1) is 35.5 Å². The quantitative estimate of drug-likeness (QED) is 0.0207. The molecule has 1 aromatic heterocycles. The molecule has 18 rings (SSSR count). The van der Waals surface area contributed by atoms with Gasteiger partial charge in [-0.15, -0.1) is 0 Å². The number of likely N-dealkylation sites (tertiary alicyclic amines) is 5. The number of hydrogen-bond acceptors (Lipinski definition) is 17. The molecule has 27 heteroatoms. The number of carbonyl (C=O) groups excluding carboxylic acids is 9. The van der Waals surface area contributed by atoms with Gasteiger partial charge in [0, 0.05) is 105 Å². The van der Waals surface area contributed by atoms with Gasteiger partial charge in [0.25, 0.3) is 29.5 Å². The Balaban J connectivity index is 0.000000172. The highest BCUT2D eigenvalue weighted by Crippen LogP contribution is 2.27. The van der Waals surface area contributed by atoms with E-state index in [0.29, 0.717) is 37.3 Å². The Labute approximate surface area is 881 Å². The van der Waals surface area contributed by atoms with Crippen molar-refractivity contribution in [3.05, 3.63) is 324 Å². The Morgan fingerprint density at radius 2 is 0.671 bits per heavy atom. The largest absolute Gasteiger partial charge is 0.379 e. The van der Waals surface area contributed by atoms with E-state index >= 15 is 0 Å². The van der Waals surface area contributed by atoms with Crippen molar-refractivity contribution >= 4 is 58.6 Å². The zero-order valence-corrected chi connectivity index (χ0v) is 89.6. The number of H-pyrrole nitrogens is 1. The van der Waals surface area contributed by atoms with Gasteiger partial charge < -0.3 is 45.2 Å². The zero-order valence-electron chi connectivity index (χ0n) is 89.6. The number of aryl methyl sites for hydroxylation is 9. The number of rotatable bonds is 30. The highest BCUT2D eigenvalue weighted by molar-refractivity contribution is 6.04. The molecule has 0 bridgehead atoms. The molecule has 9 aromatic carbocycles. The number of halogens is 4. The molecule has 23 nitrogen and oxygen atoms in total. The van der Waals surface area contributed by atoms with Crippen LogP contribution in [0, 0.1) is 85.6 Å². The molecular weight excluding hydrogens is 1880 g/mol. The van der Waals surface area contributed by atoms with Crippen LogP contribution in [0.1, 0.15) is 310 Å². The van der Waals surface area contributed by atoms with Crippen molar-refractivity contribution in [2.45, 2.75) is 247 Å². The van der Waals surface area contributed by atoms with Gasteiger partial charge in [-0.1, -0.05) is 175 Å². The van der Waals surface area contributed by atoms with Crippen molar-refractivity contribution in [3.63, 3.8) is 0 Å². The number of benzene rings is 9. The standard InChI is InChI=1S/C17H24N2O.C16H23NO.C15H20FNO.C15H21NO2.C15H21NO.C14H18FNO.C11H12FNO.C10H9FN4O.C9H11NO/c1-14-6-8-15(9-7-14)17(20)19-12-4-5-16(19)13-18-10-2-3-11-18;1-14-7-9-15(10-8-14)16(18)6-5-13-17-11-3-2-4-12-17;1-12-6-7-13(14(16)11-12)15(18)5-4-10-17-8-2-3-9-17;1-13-4-6-14(7-5-13)15(17)3-2-8-16-9-11-18-12-10-16;1-13-6-8-14(9-7-13)15(17)5-4-12-16-10-2-3-11-16;1-10-7-8-12(13(15)9-10)14(17)16-11-5-3-2-4-6-11;1-7-2-5-9(10(12)6-7)11(14)13-8-3-4-8;1-6-2-3-7(8(11)4-6)9(16)14-10-12-5-13-15-10;1-7-4-3-5-8(6-7)9(11)10-2/h6-9,16H,2-5,10-13H2,1H3;7-10H,2-6,11-13H2,1H3;6-7,11H,2-5,8-10H2,1H3;4-7H,2-3,8-12H2,1H3;6-9H,2-5,10-12H2,1H3;7-9,11H,2-6H2,1H3,(H,16,17);2,5-6,8H,3-4H2,1H3,(H,13,14);2-5H,1H3,(H2,12,13,14,15,16);3-6H,1-2H3,(H,10,11)/t16-;;;;;;;;/m0......../s1. The zero-order chi connectivity index (χ0) is 107. The van der Waals surface area contributed by atoms with Crippen molar-refractivity contribution in [1.82, 2.24) is 60.5 Å². The van der Waals surface area contributed by atoms with E-state index < -0.39 is 23.4 Å². The van der Waals surface area contributed by atoms with E-state index in [-0.39, 0.29) is 92.9 Å². The molecule has 0 radical (unpaired) electrons. The molecule has 8 aliphatic rings. The minimum absolute atomic E-state index is 0.0259. The van der Waals surface area contributed by atoms with Gasteiger partial charge in [-0.05, 0) is 351 Å². The lowest BCUT2D eigenvalue weighted by Gasteiger charge is -2.28. The van der Waals surface area contributed by atoms with Gasteiger partial charge in [-0.25, -0.2) is 22.7 Å². The lowest BCUT2D eigenvalue weighted by Crippen LogP contribution is -2.42. The molecule has 0 spiro atoms. The Morgan fingerprint density at radius 3 is 1.05 bits per heavy atom. The Hall–Kier alpha value is -12.4. The Morgan fingerprint density at radius 1 is 0.329 bits per heavy atom. The van der Waals surface area contributed by atoms with Crippen molar-refractivity contribution in [2.75, 3.05) is 130 Å². The van der Waals surface area contributed by atoms with Crippen molar-refractivity contribution in [3.8, 4) is 0 Å². The summed E-state index contributed by atoms with van der Waals surface area (Å²) in [6, 6.07) is 58.6. The lowest BCUT2D eigenvalue weighted by atomic mass is 9.95. The number of ketones is 4. The molecule has 149 heavy (non-hydrogen) atoms. The average molecular weight is 2040 g/mol. The summed E-state index contributed by atoms with van der Waals surface area (Å²) in [6.07, 6.45) is 29.2. The fourth-order valence-corrected chi connectivity index (χ4v) is 18.7. The van der Waals surface area contributed by atoms with Crippen LogP contribution in [0.4, 0.5) is 23.5 Å². The molecular formula is C122H159F4N13O10. The fraction of sp³-hybridized carbons (Fsp3) is 0.467. The number of carbonyl (C=O) groups is 9. The first-order valence-electron chi connectivity index (χ1n) is 53.9. The second-order valence-electron chi connectivity index (χ2n) is 40.6. The predicted molar refractivity (Wildman–Crippen MR) is 586 cm³/mol. The average Bonchev–Trinajstić information content (AvgIpc) is 1.75. The summed E-state index contributed by atoms with van der Waals surface area (Å²) in [4.78, 5) is 124. The number of ether oxygens (including phenoxy) is 1. The van der Waals surface area contributed by atoms with Gasteiger partial charge >= 0.3 is 0 Å². The van der Waals surface area contributed by atoms with E-state index in [2.05, 4.69) is 72.8 Å². The van der Waals surface area contributed by atoms with Crippen molar-refractivity contribution in [1.29, 1.82) is 0 Å². The maximum absolute atomic E-state index is 13.6. The van der Waals surface area contributed by atoms with Crippen LogP contribution in [0.2, 0.25) is 0 Å². The van der Waals surface area contributed by atoms with Crippen LogP contribution in [0.3, 0.4) is 0 Å². The number of amides is 5. The van der Waals surface area contributed by atoms with E-state index in [0.717, 1.165) is 206 Å². The van der Waals surface area contributed by atoms with E-state index in [1.165, 1.54) is 168 Å². The van der Waals surface area contributed by atoms with Crippen LogP contribution >= 0.6 is 0 Å². The van der Waals surface area contributed by atoms with E-state index in [4.69, 9.17) is 4.74 Å². The number of hydrogen-bond donors (Lipinski definition) is 5. The summed E-state index contributed by atoms with van der Waals surface area (Å²) in [7, 11) is 1.63. The maximum atomic E-state index is 13.6. The topological polar surface area (TPSA) is 272 Å². The highest BCUT2D eigenvalue weighted by Gasteiger charge is 2.32. The molecule has 10 aromatic rings. The molecule has 1 atom stereocenters. The second kappa shape index (κ2) is 64.2. The van der Waals surface area contributed by atoms with Crippen LogP contribution in [0.25, 0.3) is 0 Å². The van der Waals surface area contributed by atoms with Gasteiger partial charge in [-0.3, -0.25) is 53.4 Å². The van der Waals surface area contributed by atoms with Crippen molar-refractivity contribution in [2.24, 2.45) is 0 Å². The summed E-state index contributed by atoms with van der Waals surface area (Å²) in [5.41, 5.74) is 13.8. The minimum Gasteiger partial charge on any atom is -0.379 e. The molecule has 5 amide bonds. The van der Waals surface area contributed by atoms with Crippen molar-refractivity contribution < 1.29 is 65.4 Å². The van der Waals surface area contributed by atoms with Gasteiger partial charge in [0.1, 0.15) is 29.6 Å². The minimum atomic E-state index is -0.561. The lowest BCUT2D eigenvalue weighted by molar-refractivity contribution is 0.0371. The molecule has 5 N–H and O–H groups in total. The third-order valence-electron chi connectivity index (χ3n) is 27.7. The first-order valence-corrected chi connectivity index (χ1v) is 53.9. The first-order chi connectivity index (χ1) is 71.9. The smallest absolute Gasteiger partial charge is 0.260 e. The molecule has 800 valence electrons. The summed E-state index contributed by atoms with van der Waals surface area (Å²) in [6.45, 7) is 36.7. The fourth-order valence-electron chi connectivity index (χ4n) is 18.7. The summed E-state index contributed by atoms with van der Waals surface area (Å²) in [5.74, 6) is -1.86. The maximum Gasteiger partial charge on any atom is 0.260 e. The van der Waals surface area contributed by atoms with Gasteiger partial charge in [0.2, 0.25) is 5.95 Å². The van der Waals surface area contributed by atoms with E-state index in [1.54, 1.807) is 63.4 Å². The summed E-state index contributed by atoms with van der Waals surface area (Å²) >= 11 is 0. The summed E-state index contributed by atoms with van der Waals surface area (Å²) in [5, 5.41) is 16.6. The number of anilines is 1. The third kappa shape index (κ3) is 43.3. The SMILES string of the molecule is CNC(=O)c1cccc(C)c1.Cc1ccc(C(=O)CCCN2CCCC2)c(F)c1.Cc1ccc(C(=O)CCCN2CCCC2)cc1.Cc1ccc(C(=O)CCCN2CCCCC2)cc1.Cc1ccc(C(=O)CCCN2CCOCC2)cc1.Cc1ccc(C(=O)N2CCC[C@H]2CN2CCCC2)cc1.Cc1ccc(C(=O)NC2CC2)c(F)c1.Cc1ccc(C(=O)NC2CCCCC2)c(F)c1.Cc1ccc(C(=O)Nc2ncn[nH]2)c(F)c1. The molecule has 2 aliphatic carbocycles. The number of aromatic amines is 1. The number of piperidine rings is 1. The number of aromatic nitrogens is 3. The van der Waals surface area contributed by atoms with Crippen LogP contribution in [-0.2, 0) is 4.74 Å². The van der Waals surface area contributed by atoms with E-state index in [1.807, 2.05) is 157 Å². The molecule has 6 aliphatic heterocycles. The number of morpholine rings is 1. The monoisotopic (exact) mass is 2040 g/mol. The van der Waals surface area contributed by atoms with Crippen LogP contribution in [-0.4, -0.2) is 240 Å². The van der Waals surface area contributed by atoms with Gasteiger partial charge in [-0.2, -0.15) is 10.1 Å². The Bertz CT molecular complexity index is 5730. The van der Waals surface area contributed by atoms with Crippen LogP contribution < -0.4 is 21.3 Å². The second-order valence-corrected chi connectivity index (χ2v) is 40.6. The Kier molecular flexibility index (Phi) is 51.1. The van der Waals surface area contributed by atoms with E-state index in [9.17, 15) is 60.7 Å². The number of nitrogens with zero attached hydrogens (tertiary/aromatic N) is 8. The molecule has 2 saturated carbocycles. The molecule has 0 unspecified atom stereocenters. The number of nitrogens with one attached hydrogen (secondary N) is 5. The normalized spacial score (nSPS) is 16.1.